The Morgan fingerprint density at radius 2 is 1.86 bits per heavy atom. The first-order chi connectivity index (χ1) is 10.1. The molecule has 0 spiro atoms. The molecule has 0 N–H and O–H groups in total. The van der Waals surface area contributed by atoms with Gasteiger partial charge in [0.1, 0.15) is 5.75 Å². The minimum atomic E-state index is 0.0859. The number of rotatable bonds is 4. The summed E-state index contributed by atoms with van der Waals surface area (Å²) in [5.41, 5.74) is 2.23. The summed E-state index contributed by atoms with van der Waals surface area (Å²) in [6, 6.07) is 6.47. The van der Waals surface area contributed by atoms with Crippen LogP contribution < -0.4 is 4.74 Å². The minimum absolute atomic E-state index is 0.0859. The number of ether oxygens (including phenoxy) is 1. The fraction of sp³-hybridized carbons (Fsp3) is 0.611. The van der Waals surface area contributed by atoms with Crippen LogP contribution in [0.25, 0.3) is 0 Å². The van der Waals surface area contributed by atoms with Gasteiger partial charge in [-0.05, 0) is 43.9 Å². The van der Waals surface area contributed by atoms with Crippen molar-refractivity contribution in [2.75, 3.05) is 13.7 Å². The Balaban J connectivity index is 1.89. The Morgan fingerprint density at radius 1 is 1.19 bits per heavy atom. The van der Waals surface area contributed by atoms with Gasteiger partial charge in [-0.15, -0.1) is 0 Å². The van der Waals surface area contributed by atoms with E-state index in [2.05, 4.69) is 6.07 Å². The van der Waals surface area contributed by atoms with Gasteiger partial charge in [-0.25, -0.2) is 0 Å². The van der Waals surface area contributed by atoms with Crippen LogP contribution in [0.1, 0.15) is 49.7 Å². The van der Waals surface area contributed by atoms with E-state index in [-0.39, 0.29) is 12.5 Å². The molecular weight excluding hydrogens is 262 g/mol. The molecule has 1 aliphatic rings. The lowest BCUT2D eigenvalue weighted by atomic mass is 10.1. The second-order valence-electron chi connectivity index (χ2n) is 6.21. The minimum Gasteiger partial charge on any atom is -0.483 e. The van der Waals surface area contributed by atoms with Crippen molar-refractivity contribution in [3.8, 4) is 5.75 Å². The molecule has 21 heavy (non-hydrogen) atoms. The van der Waals surface area contributed by atoms with Crippen molar-refractivity contribution in [1.82, 2.24) is 4.90 Å². The number of carbonyl (C=O) groups is 1. The third kappa shape index (κ3) is 4.48. The van der Waals surface area contributed by atoms with Crippen LogP contribution in [0.15, 0.2) is 18.2 Å². The van der Waals surface area contributed by atoms with Gasteiger partial charge in [0.05, 0.1) is 0 Å². The lowest BCUT2D eigenvalue weighted by Gasteiger charge is -2.27. The molecule has 2 rings (SSSR count). The molecule has 0 aliphatic heterocycles. The molecule has 116 valence electrons. The number of aryl methyl sites for hydroxylation is 2. The normalized spacial score (nSPS) is 16.3. The molecule has 1 amide bonds. The van der Waals surface area contributed by atoms with E-state index in [1.807, 2.05) is 37.9 Å². The lowest BCUT2D eigenvalue weighted by Crippen LogP contribution is -2.39. The van der Waals surface area contributed by atoms with Crippen LogP contribution >= 0.6 is 0 Å². The number of amides is 1. The first-order valence-corrected chi connectivity index (χ1v) is 8.03. The van der Waals surface area contributed by atoms with Gasteiger partial charge >= 0.3 is 0 Å². The SMILES string of the molecule is Cc1ccc(C)c(OCC(=O)N(C)C2CCCCCC2)c1. The van der Waals surface area contributed by atoms with E-state index in [4.69, 9.17) is 4.74 Å². The summed E-state index contributed by atoms with van der Waals surface area (Å²) in [5, 5.41) is 0. The maximum absolute atomic E-state index is 12.3. The fourth-order valence-corrected chi connectivity index (χ4v) is 2.95. The second-order valence-corrected chi connectivity index (χ2v) is 6.21. The second kappa shape index (κ2) is 7.48. The molecule has 1 fully saturated rings. The standard InChI is InChI=1S/C18H27NO2/c1-14-10-11-15(2)17(12-14)21-13-18(20)19(3)16-8-6-4-5-7-9-16/h10-12,16H,4-9,13H2,1-3H3. The van der Waals surface area contributed by atoms with Gasteiger partial charge in [-0.3, -0.25) is 4.79 Å². The van der Waals surface area contributed by atoms with Crippen LogP contribution in [0.4, 0.5) is 0 Å². The summed E-state index contributed by atoms with van der Waals surface area (Å²) in [7, 11) is 1.92. The van der Waals surface area contributed by atoms with Gasteiger partial charge in [0, 0.05) is 13.1 Å². The highest BCUT2D eigenvalue weighted by atomic mass is 16.5. The number of carbonyl (C=O) groups excluding carboxylic acids is 1. The zero-order valence-electron chi connectivity index (χ0n) is 13.5. The predicted octanol–water partition coefficient (Wildman–Crippen LogP) is 3.86. The number of likely N-dealkylation sites (N-methyl/N-ethyl adjacent to an activating group) is 1. The maximum atomic E-state index is 12.3. The van der Waals surface area contributed by atoms with Gasteiger partial charge in [0.25, 0.3) is 5.91 Å². The smallest absolute Gasteiger partial charge is 0.260 e. The fourth-order valence-electron chi connectivity index (χ4n) is 2.95. The first-order valence-electron chi connectivity index (χ1n) is 8.03. The largest absolute Gasteiger partial charge is 0.483 e. The number of benzene rings is 1. The van der Waals surface area contributed by atoms with E-state index < -0.39 is 0 Å². The van der Waals surface area contributed by atoms with Crippen molar-refractivity contribution < 1.29 is 9.53 Å². The molecule has 1 aromatic carbocycles. The average molecular weight is 289 g/mol. The van der Waals surface area contributed by atoms with Crippen molar-refractivity contribution in [2.24, 2.45) is 0 Å². The molecule has 0 unspecified atom stereocenters. The van der Waals surface area contributed by atoms with E-state index in [1.54, 1.807) is 0 Å². The van der Waals surface area contributed by atoms with Gasteiger partial charge in [0.15, 0.2) is 6.61 Å². The topological polar surface area (TPSA) is 29.5 Å². The van der Waals surface area contributed by atoms with Crippen LogP contribution in [-0.2, 0) is 4.79 Å². The molecule has 0 saturated heterocycles. The molecule has 3 nitrogen and oxygen atoms in total. The highest BCUT2D eigenvalue weighted by molar-refractivity contribution is 5.77. The van der Waals surface area contributed by atoms with Crippen molar-refractivity contribution in [3.05, 3.63) is 29.3 Å². The maximum Gasteiger partial charge on any atom is 0.260 e. The first kappa shape index (κ1) is 15.9. The van der Waals surface area contributed by atoms with E-state index >= 15 is 0 Å². The molecule has 0 radical (unpaired) electrons. The van der Waals surface area contributed by atoms with Gasteiger partial charge in [-0.1, -0.05) is 37.8 Å². The Kier molecular flexibility index (Phi) is 5.66. The van der Waals surface area contributed by atoms with Crippen molar-refractivity contribution >= 4 is 5.91 Å². The summed E-state index contributed by atoms with van der Waals surface area (Å²) in [5.74, 6) is 0.903. The zero-order valence-corrected chi connectivity index (χ0v) is 13.5. The third-order valence-corrected chi connectivity index (χ3v) is 4.46. The number of nitrogens with zero attached hydrogens (tertiary/aromatic N) is 1. The van der Waals surface area contributed by atoms with Crippen molar-refractivity contribution in [1.29, 1.82) is 0 Å². The van der Waals surface area contributed by atoms with Crippen LogP contribution in [0, 0.1) is 13.8 Å². The summed E-state index contributed by atoms with van der Waals surface area (Å²) in [4.78, 5) is 14.2. The van der Waals surface area contributed by atoms with E-state index in [9.17, 15) is 4.79 Å². The van der Waals surface area contributed by atoms with E-state index in [0.717, 1.165) is 29.7 Å². The zero-order chi connectivity index (χ0) is 15.2. The predicted molar refractivity (Wildman–Crippen MR) is 85.7 cm³/mol. The summed E-state index contributed by atoms with van der Waals surface area (Å²) >= 11 is 0. The summed E-state index contributed by atoms with van der Waals surface area (Å²) in [6.45, 7) is 4.18. The molecule has 0 aromatic heterocycles. The van der Waals surface area contributed by atoms with Crippen molar-refractivity contribution in [2.45, 2.75) is 58.4 Å². The number of hydrogen-bond acceptors (Lipinski definition) is 2. The van der Waals surface area contributed by atoms with Crippen LogP contribution in [0.3, 0.4) is 0 Å². The van der Waals surface area contributed by atoms with E-state index in [1.165, 1.54) is 25.7 Å². The van der Waals surface area contributed by atoms with Crippen molar-refractivity contribution in [3.63, 3.8) is 0 Å². The Labute approximate surface area is 128 Å². The van der Waals surface area contributed by atoms with Crippen LogP contribution in [-0.4, -0.2) is 30.5 Å². The van der Waals surface area contributed by atoms with Crippen LogP contribution in [0.5, 0.6) is 5.75 Å². The molecule has 0 heterocycles. The Hall–Kier alpha value is -1.51. The molecule has 3 heteroatoms. The highest BCUT2D eigenvalue weighted by Gasteiger charge is 2.21. The Bertz CT molecular complexity index is 476. The lowest BCUT2D eigenvalue weighted by molar-refractivity contribution is -0.134. The average Bonchev–Trinajstić information content (AvgIpc) is 2.76. The third-order valence-electron chi connectivity index (χ3n) is 4.46. The number of hydrogen-bond donors (Lipinski definition) is 0. The molecule has 1 aromatic rings. The quantitative estimate of drug-likeness (QED) is 0.788. The Morgan fingerprint density at radius 3 is 2.52 bits per heavy atom. The monoisotopic (exact) mass is 289 g/mol. The molecular formula is C18H27NO2. The summed E-state index contributed by atoms with van der Waals surface area (Å²) in [6.07, 6.45) is 7.34. The molecule has 1 aliphatic carbocycles. The van der Waals surface area contributed by atoms with Gasteiger partial charge in [0.2, 0.25) is 0 Å². The van der Waals surface area contributed by atoms with Crippen LogP contribution in [0.2, 0.25) is 0 Å². The highest BCUT2D eigenvalue weighted by Crippen LogP contribution is 2.22. The molecule has 0 atom stereocenters. The summed E-state index contributed by atoms with van der Waals surface area (Å²) < 4.78 is 5.73. The molecule has 1 saturated carbocycles. The van der Waals surface area contributed by atoms with Gasteiger partial charge < -0.3 is 9.64 Å². The van der Waals surface area contributed by atoms with E-state index in [0.29, 0.717) is 6.04 Å². The van der Waals surface area contributed by atoms with Gasteiger partial charge in [-0.2, -0.15) is 0 Å². The molecule has 0 bridgehead atoms.